The van der Waals surface area contributed by atoms with Crippen LogP contribution in [-0.4, -0.2) is 4.98 Å². The molecule has 0 saturated carbocycles. The highest BCUT2D eigenvalue weighted by Gasteiger charge is 2.08. The minimum Gasteiger partial charge on any atom is -0.487 e. The van der Waals surface area contributed by atoms with Gasteiger partial charge < -0.3 is 10.5 Å². The van der Waals surface area contributed by atoms with Gasteiger partial charge in [0.1, 0.15) is 12.4 Å². The average Bonchev–Trinajstić information content (AvgIpc) is 2.37. The summed E-state index contributed by atoms with van der Waals surface area (Å²) in [6, 6.07) is 5.94. The molecule has 2 rings (SSSR count). The Morgan fingerprint density at radius 3 is 2.63 bits per heavy atom. The van der Waals surface area contributed by atoms with Gasteiger partial charge in [-0.2, -0.15) is 0 Å². The highest BCUT2D eigenvalue weighted by molar-refractivity contribution is 9.10. The predicted octanol–water partition coefficient (Wildman–Crippen LogP) is 3.93. The van der Waals surface area contributed by atoms with Gasteiger partial charge in [0.25, 0.3) is 0 Å². The summed E-state index contributed by atoms with van der Waals surface area (Å²) in [6.07, 6.45) is 1.79. The molecule has 0 amide bonds. The Balaban J connectivity index is 2.17. The first-order valence-corrected chi connectivity index (χ1v) is 6.88. The van der Waals surface area contributed by atoms with E-state index in [0.717, 1.165) is 38.3 Å². The lowest BCUT2D eigenvalue weighted by molar-refractivity contribution is 0.298. The van der Waals surface area contributed by atoms with Crippen molar-refractivity contribution in [3.05, 3.63) is 51.3 Å². The third kappa shape index (κ3) is 3.07. The van der Waals surface area contributed by atoms with E-state index >= 15 is 0 Å². The number of ether oxygens (including phenoxy) is 1. The predicted molar refractivity (Wildman–Crippen MR) is 81.3 cm³/mol. The Labute approximate surface area is 121 Å². The second-order valence-corrected chi connectivity index (χ2v) is 5.54. The molecule has 19 heavy (non-hydrogen) atoms. The highest BCUT2D eigenvalue weighted by atomic mass is 79.9. The second kappa shape index (κ2) is 5.61. The maximum absolute atomic E-state index is 6.00. The Bertz CT molecular complexity index is 611. The van der Waals surface area contributed by atoms with Crippen LogP contribution in [0.2, 0.25) is 0 Å². The van der Waals surface area contributed by atoms with Crippen LogP contribution in [0.1, 0.15) is 22.4 Å². The van der Waals surface area contributed by atoms with Crippen molar-refractivity contribution in [1.82, 2.24) is 4.98 Å². The van der Waals surface area contributed by atoms with Crippen molar-refractivity contribution >= 4 is 21.6 Å². The average molecular weight is 321 g/mol. The number of nitrogens with zero attached hydrogens (tertiary/aromatic N) is 1. The van der Waals surface area contributed by atoms with Crippen LogP contribution in [0.5, 0.6) is 5.75 Å². The van der Waals surface area contributed by atoms with Crippen LogP contribution in [0, 0.1) is 20.8 Å². The number of anilines is 1. The van der Waals surface area contributed by atoms with Gasteiger partial charge in [-0.3, -0.25) is 4.98 Å². The summed E-state index contributed by atoms with van der Waals surface area (Å²) < 4.78 is 6.86. The SMILES string of the molecule is Cc1cc(Br)ccc1OCc1ncc(C)c(N)c1C. The van der Waals surface area contributed by atoms with Crippen molar-refractivity contribution in [2.45, 2.75) is 27.4 Å². The van der Waals surface area contributed by atoms with E-state index in [4.69, 9.17) is 10.5 Å². The first-order valence-electron chi connectivity index (χ1n) is 6.08. The Hall–Kier alpha value is -1.55. The fourth-order valence-electron chi connectivity index (χ4n) is 1.86. The Morgan fingerprint density at radius 2 is 1.95 bits per heavy atom. The minimum absolute atomic E-state index is 0.429. The molecule has 2 N–H and O–H groups in total. The fourth-order valence-corrected chi connectivity index (χ4v) is 2.33. The van der Waals surface area contributed by atoms with Crippen LogP contribution < -0.4 is 10.5 Å². The zero-order valence-corrected chi connectivity index (χ0v) is 12.9. The zero-order valence-electron chi connectivity index (χ0n) is 11.3. The third-order valence-corrected chi connectivity index (χ3v) is 3.67. The first kappa shape index (κ1) is 13.9. The van der Waals surface area contributed by atoms with E-state index in [1.165, 1.54) is 0 Å². The number of aromatic nitrogens is 1. The lowest BCUT2D eigenvalue weighted by Gasteiger charge is -2.12. The van der Waals surface area contributed by atoms with Gasteiger partial charge in [0.15, 0.2) is 0 Å². The van der Waals surface area contributed by atoms with Crippen molar-refractivity contribution < 1.29 is 4.74 Å². The normalized spacial score (nSPS) is 10.5. The molecule has 0 fully saturated rings. The molecule has 0 atom stereocenters. The minimum atomic E-state index is 0.429. The molecule has 1 aromatic carbocycles. The van der Waals surface area contributed by atoms with E-state index in [1.54, 1.807) is 6.20 Å². The van der Waals surface area contributed by atoms with Gasteiger partial charge in [0, 0.05) is 16.4 Å². The summed E-state index contributed by atoms with van der Waals surface area (Å²) in [4.78, 5) is 4.39. The van der Waals surface area contributed by atoms with Gasteiger partial charge in [0.2, 0.25) is 0 Å². The molecule has 1 heterocycles. The van der Waals surface area contributed by atoms with Gasteiger partial charge in [-0.25, -0.2) is 0 Å². The summed E-state index contributed by atoms with van der Waals surface area (Å²) in [5, 5.41) is 0. The molecule has 0 unspecified atom stereocenters. The fraction of sp³-hybridized carbons (Fsp3) is 0.267. The molecule has 100 valence electrons. The molecule has 0 aliphatic heterocycles. The maximum Gasteiger partial charge on any atom is 0.131 e. The van der Waals surface area contributed by atoms with Crippen LogP contribution in [0.15, 0.2) is 28.9 Å². The molecule has 0 saturated heterocycles. The smallest absolute Gasteiger partial charge is 0.131 e. The number of hydrogen-bond donors (Lipinski definition) is 1. The molecule has 4 heteroatoms. The second-order valence-electron chi connectivity index (χ2n) is 4.63. The highest BCUT2D eigenvalue weighted by Crippen LogP contribution is 2.24. The lowest BCUT2D eigenvalue weighted by Crippen LogP contribution is -2.05. The van der Waals surface area contributed by atoms with Crippen LogP contribution >= 0.6 is 15.9 Å². The molecule has 0 aliphatic carbocycles. The summed E-state index contributed by atoms with van der Waals surface area (Å²) in [7, 11) is 0. The number of hydrogen-bond acceptors (Lipinski definition) is 3. The Kier molecular flexibility index (Phi) is 4.10. The molecule has 1 aromatic heterocycles. The van der Waals surface area contributed by atoms with E-state index in [2.05, 4.69) is 20.9 Å². The number of aryl methyl sites for hydroxylation is 2. The molecular weight excluding hydrogens is 304 g/mol. The number of nitrogens with two attached hydrogens (primary N) is 1. The monoisotopic (exact) mass is 320 g/mol. The third-order valence-electron chi connectivity index (χ3n) is 3.18. The quantitative estimate of drug-likeness (QED) is 0.932. The van der Waals surface area contributed by atoms with Crippen molar-refractivity contribution in [1.29, 1.82) is 0 Å². The molecule has 0 radical (unpaired) electrons. The van der Waals surface area contributed by atoms with Crippen molar-refractivity contribution in [3.8, 4) is 5.75 Å². The van der Waals surface area contributed by atoms with Crippen LogP contribution in [0.4, 0.5) is 5.69 Å². The van der Waals surface area contributed by atoms with Gasteiger partial charge >= 0.3 is 0 Å². The summed E-state index contributed by atoms with van der Waals surface area (Å²) in [5.41, 5.74) is 10.8. The number of pyridine rings is 1. The molecule has 3 nitrogen and oxygen atoms in total. The van der Waals surface area contributed by atoms with Crippen molar-refractivity contribution in [3.63, 3.8) is 0 Å². The molecule has 0 bridgehead atoms. The van der Waals surface area contributed by atoms with E-state index in [1.807, 2.05) is 39.0 Å². The first-order chi connectivity index (χ1) is 8.99. The van der Waals surface area contributed by atoms with E-state index in [-0.39, 0.29) is 0 Å². The van der Waals surface area contributed by atoms with Gasteiger partial charge in [0.05, 0.1) is 5.69 Å². The summed E-state index contributed by atoms with van der Waals surface area (Å²) in [6.45, 7) is 6.38. The largest absolute Gasteiger partial charge is 0.487 e. The van der Waals surface area contributed by atoms with E-state index in [9.17, 15) is 0 Å². The van der Waals surface area contributed by atoms with Crippen LogP contribution in [0.3, 0.4) is 0 Å². The topological polar surface area (TPSA) is 48.1 Å². The Morgan fingerprint density at radius 1 is 1.21 bits per heavy atom. The summed E-state index contributed by atoms with van der Waals surface area (Å²) in [5.74, 6) is 0.864. The number of rotatable bonds is 3. The summed E-state index contributed by atoms with van der Waals surface area (Å²) >= 11 is 3.44. The maximum atomic E-state index is 6.00. The van der Waals surface area contributed by atoms with E-state index < -0.39 is 0 Å². The lowest BCUT2D eigenvalue weighted by atomic mass is 10.1. The van der Waals surface area contributed by atoms with Crippen LogP contribution in [-0.2, 0) is 6.61 Å². The molecule has 0 spiro atoms. The van der Waals surface area contributed by atoms with Gasteiger partial charge in [-0.15, -0.1) is 0 Å². The number of nitrogen functional groups attached to an aromatic ring is 1. The number of halogens is 1. The molecule has 2 aromatic rings. The molecule has 0 aliphatic rings. The molecular formula is C15H17BrN2O. The standard InChI is InChI=1S/C15H17BrN2O/c1-9-6-12(16)4-5-14(9)19-8-13-11(3)15(17)10(2)7-18-13/h4-7H,8H2,1-3H3,(H2,17,18). The van der Waals surface area contributed by atoms with Crippen LogP contribution in [0.25, 0.3) is 0 Å². The number of benzene rings is 1. The zero-order chi connectivity index (χ0) is 14.0. The van der Waals surface area contributed by atoms with Crippen molar-refractivity contribution in [2.75, 3.05) is 5.73 Å². The van der Waals surface area contributed by atoms with Gasteiger partial charge in [-0.05, 0) is 55.7 Å². The van der Waals surface area contributed by atoms with Crippen molar-refractivity contribution in [2.24, 2.45) is 0 Å². The van der Waals surface area contributed by atoms with Gasteiger partial charge in [-0.1, -0.05) is 15.9 Å². The van der Waals surface area contributed by atoms with E-state index in [0.29, 0.717) is 6.61 Å².